The van der Waals surface area contributed by atoms with Gasteiger partial charge in [-0.3, -0.25) is 4.90 Å². The van der Waals surface area contributed by atoms with Crippen molar-refractivity contribution in [1.29, 1.82) is 0 Å². The average molecular weight is 232 g/mol. The number of hydrogen-bond donors (Lipinski definition) is 1. The van der Waals surface area contributed by atoms with Crippen LogP contribution in [-0.4, -0.2) is 44.0 Å². The molecule has 0 bridgehead atoms. The Morgan fingerprint density at radius 3 is 2.44 bits per heavy atom. The second kappa shape index (κ2) is 8.82. The fourth-order valence-corrected chi connectivity index (χ4v) is 1.02. The molecule has 0 spiro atoms. The molecule has 0 saturated heterocycles. The third-order valence-electron chi connectivity index (χ3n) is 1.80. The van der Waals surface area contributed by atoms with Crippen LogP contribution in [0.4, 0.5) is 9.59 Å². The van der Waals surface area contributed by atoms with Gasteiger partial charge in [-0.1, -0.05) is 13.8 Å². The van der Waals surface area contributed by atoms with Gasteiger partial charge >= 0.3 is 12.2 Å². The average Bonchev–Trinajstić information content (AvgIpc) is 2.30. The molecule has 6 nitrogen and oxygen atoms in total. The van der Waals surface area contributed by atoms with Crippen molar-refractivity contribution in [3.05, 3.63) is 0 Å². The summed E-state index contributed by atoms with van der Waals surface area (Å²) >= 11 is 0. The highest BCUT2D eigenvalue weighted by molar-refractivity contribution is 5.69. The minimum Gasteiger partial charge on any atom is -0.453 e. The van der Waals surface area contributed by atoms with Crippen molar-refractivity contribution in [3.8, 4) is 0 Å². The molecule has 0 radical (unpaired) electrons. The summed E-state index contributed by atoms with van der Waals surface area (Å²) in [5, 5.41) is 2.55. The lowest BCUT2D eigenvalue weighted by atomic mass is 10.4. The Hall–Kier alpha value is -1.46. The molecule has 16 heavy (non-hydrogen) atoms. The number of amides is 2. The SMILES string of the molecule is CCCNC(=O)OCN(CCC)C(=O)OC. The molecular weight excluding hydrogens is 212 g/mol. The zero-order chi connectivity index (χ0) is 12.4. The first-order valence-electron chi connectivity index (χ1n) is 5.39. The van der Waals surface area contributed by atoms with E-state index in [1.54, 1.807) is 0 Å². The summed E-state index contributed by atoms with van der Waals surface area (Å²) < 4.78 is 9.41. The second-order valence-electron chi connectivity index (χ2n) is 3.22. The molecule has 0 rings (SSSR count). The van der Waals surface area contributed by atoms with E-state index in [1.165, 1.54) is 12.0 Å². The van der Waals surface area contributed by atoms with E-state index in [9.17, 15) is 9.59 Å². The summed E-state index contributed by atoms with van der Waals surface area (Å²) in [4.78, 5) is 23.7. The van der Waals surface area contributed by atoms with Gasteiger partial charge < -0.3 is 14.8 Å². The monoisotopic (exact) mass is 232 g/mol. The van der Waals surface area contributed by atoms with E-state index in [0.29, 0.717) is 13.1 Å². The molecule has 1 N–H and O–H groups in total. The van der Waals surface area contributed by atoms with Crippen LogP contribution in [0.5, 0.6) is 0 Å². The molecule has 0 aromatic rings. The Kier molecular flexibility index (Phi) is 8.01. The van der Waals surface area contributed by atoms with Crippen LogP contribution in [0.25, 0.3) is 0 Å². The molecule has 94 valence electrons. The Morgan fingerprint density at radius 1 is 1.25 bits per heavy atom. The number of hydrogen-bond acceptors (Lipinski definition) is 4. The standard InChI is InChI=1S/C10H20N2O4/c1-4-6-11-9(13)16-8-12(7-5-2)10(14)15-3/h4-8H2,1-3H3,(H,11,13). The molecule has 0 aliphatic rings. The van der Waals surface area contributed by atoms with E-state index in [-0.39, 0.29) is 6.73 Å². The largest absolute Gasteiger partial charge is 0.453 e. The zero-order valence-electron chi connectivity index (χ0n) is 10.1. The summed E-state index contributed by atoms with van der Waals surface area (Å²) in [6.07, 6.45) is 0.594. The molecule has 6 heteroatoms. The molecule has 0 aromatic carbocycles. The molecule has 2 amide bonds. The number of carbonyl (C=O) groups is 2. The van der Waals surface area contributed by atoms with Crippen LogP contribution in [0, 0.1) is 0 Å². The Balaban J connectivity index is 3.91. The predicted octanol–water partition coefficient (Wildman–Crippen LogP) is 1.56. The summed E-state index contributed by atoms with van der Waals surface area (Å²) in [7, 11) is 1.29. The van der Waals surface area contributed by atoms with E-state index >= 15 is 0 Å². The summed E-state index contributed by atoms with van der Waals surface area (Å²) in [5.74, 6) is 0. The van der Waals surface area contributed by atoms with Crippen molar-refractivity contribution < 1.29 is 19.1 Å². The van der Waals surface area contributed by atoms with Gasteiger partial charge in [0, 0.05) is 13.1 Å². The molecule has 0 unspecified atom stereocenters. The minimum absolute atomic E-state index is 0.0872. The van der Waals surface area contributed by atoms with Gasteiger partial charge in [0.15, 0.2) is 6.73 Å². The number of ether oxygens (including phenoxy) is 2. The lowest BCUT2D eigenvalue weighted by molar-refractivity contribution is 0.0567. The summed E-state index contributed by atoms with van der Waals surface area (Å²) in [6, 6.07) is 0. The van der Waals surface area contributed by atoms with Crippen molar-refractivity contribution in [2.45, 2.75) is 26.7 Å². The lowest BCUT2D eigenvalue weighted by Gasteiger charge is -2.19. The third-order valence-corrected chi connectivity index (χ3v) is 1.80. The number of alkyl carbamates (subject to hydrolysis) is 1. The Labute approximate surface area is 95.9 Å². The van der Waals surface area contributed by atoms with Crippen molar-refractivity contribution in [2.75, 3.05) is 26.9 Å². The first-order chi connectivity index (χ1) is 7.65. The number of rotatable bonds is 6. The fraction of sp³-hybridized carbons (Fsp3) is 0.800. The van der Waals surface area contributed by atoms with Crippen molar-refractivity contribution >= 4 is 12.2 Å². The van der Waals surface area contributed by atoms with Gasteiger partial charge in [-0.15, -0.1) is 0 Å². The van der Waals surface area contributed by atoms with Gasteiger partial charge in [-0.2, -0.15) is 0 Å². The van der Waals surface area contributed by atoms with Crippen molar-refractivity contribution in [2.24, 2.45) is 0 Å². The highest BCUT2D eigenvalue weighted by Crippen LogP contribution is 1.96. The van der Waals surface area contributed by atoms with Crippen molar-refractivity contribution in [1.82, 2.24) is 10.2 Å². The molecule has 0 fully saturated rings. The molecular formula is C10H20N2O4. The smallest absolute Gasteiger partial charge is 0.412 e. The van der Waals surface area contributed by atoms with Crippen LogP contribution in [0.15, 0.2) is 0 Å². The highest BCUT2D eigenvalue weighted by Gasteiger charge is 2.14. The van der Waals surface area contributed by atoms with Crippen LogP contribution in [0.3, 0.4) is 0 Å². The van der Waals surface area contributed by atoms with E-state index in [2.05, 4.69) is 10.1 Å². The molecule has 0 aliphatic carbocycles. The minimum atomic E-state index is -0.521. The summed E-state index contributed by atoms with van der Waals surface area (Å²) in [6.45, 7) is 4.83. The van der Waals surface area contributed by atoms with Gasteiger partial charge in [0.25, 0.3) is 0 Å². The maximum Gasteiger partial charge on any atom is 0.412 e. The van der Waals surface area contributed by atoms with Gasteiger partial charge in [-0.05, 0) is 12.8 Å². The molecule has 0 aromatic heterocycles. The topological polar surface area (TPSA) is 67.9 Å². The number of nitrogens with zero attached hydrogens (tertiary/aromatic N) is 1. The van der Waals surface area contributed by atoms with Gasteiger partial charge in [-0.25, -0.2) is 9.59 Å². The van der Waals surface area contributed by atoms with Gasteiger partial charge in [0.05, 0.1) is 7.11 Å². The number of carbonyl (C=O) groups excluding carboxylic acids is 2. The van der Waals surface area contributed by atoms with Crippen LogP contribution in [-0.2, 0) is 9.47 Å². The predicted molar refractivity (Wildman–Crippen MR) is 59.0 cm³/mol. The lowest BCUT2D eigenvalue weighted by Crippen LogP contribution is -2.37. The molecule has 0 saturated carbocycles. The first kappa shape index (κ1) is 14.5. The van der Waals surface area contributed by atoms with E-state index in [1.807, 2.05) is 13.8 Å². The van der Waals surface area contributed by atoms with Crippen LogP contribution in [0.2, 0.25) is 0 Å². The fourth-order valence-electron chi connectivity index (χ4n) is 1.02. The van der Waals surface area contributed by atoms with Crippen LogP contribution >= 0.6 is 0 Å². The van der Waals surface area contributed by atoms with Gasteiger partial charge in [0.1, 0.15) is 0 Å². The highest BCUT2D eigenvalue weighted by atomic mass is 16.6. The normalized spacial score (nSPS) is 9.44. The number of methoxy groups -OCH3 is 1. The second-order valence-corrected chi connectivity index (χ2v) is 3.22. The Bertz CT molecular complexity index is 221. The maximum absolute atomic E-state index is 11.2. The Morgan fingerprint density at radius 2 is 1.94 bits per heavy atom. The zero-order valence-corrected chi connectivity index (χ0v) is 10.1. The maximum atomic E-state index is 11.2. The van der Waals surface area contributed by atoms with E-state index in [0.717, 1.165) is 12.8 Å². The summed E-state index contributed by atoms with van der Waals surface area (Å²) in [5.41, 5.74) is 0. The van der Waals surface area contributed by atoms with E-state index < -0.39 is 12.2 Å². The van der Waals surface area contributed by atoms with E-state index in [4.69, 9.17) is 4.74 Å². The van der Waals surface area contributed by atoms with Gasteiger partial charge in [0.2, 0.25) is 0 Å². The molecule has 0 atom stereocenters. The van der Waals surface area contributed by atoms with Crippen LogP contribution < -0.4 is 5.32 Å². The molecule has 0 heterocycles. The number of nitrogens with one attached hydrogen (secondary N) is 1. The quantitative estimate of drug-likeness (QED) is 0.706. The first-order valence-corrected chi connectivity index (χ1v) is 5.39. The third kappa shape index (κ3) is 6.10. The van der Waals surface area contributed by atoms with Crippen molar-refractivity contribution in [3.63, 3.8) is 0 Å². The van der Waals surface area contributed by atoms with Crippen LogP contribution in [0.1, 0.15) is 26.7 Å². The molecule has 0 aliphatic heterocycles.